The number of nitrogens with two attached hydrogens (primary N) is 1. The monoisotopic (exact) mass is 194 g/mol. The molecule has 68 valence electrons. The summed E-state index contributed by atoms with van der Waals surface area (Å²) in [6.07, 6.45) is 5.37. The molecule has 0 unspecified atom stereocenters. The third-order valence-corrected chi connectivity index (χ3v) is 2.66. The first-order chi connectivity index (χ1) is 6.34. The van der Waals surface area contributed by atoms with Crippen molar-refractivity contribution in [2.75, 3.05) is 5.73 Å². The molecule has 2 aromatic rings. The molecule has 13 heavy (non-hydrogen) atoms. The van der Waals surface area contributed by atoms with Crippen molar-refractivity contribution < 1.29 is 4.42 Å². The first-order valence-electron chi connectivity index (χ1n) is 4.07. The van der Waals surface area contributed by atoms with Gasteiger partial charge >= 0.3 is 0 Å². The molecule has 0 aliphatic carbocycles. The first-order valence-corrected chi connectivity index (χ1v) is 4.89. The molecule has 0 aliphatic heterocycles. The molecule has 0 aromatic carbocycles. The molecule has 2 aromatic heterocycles. The summed E-state index contributed by atoms with van der Waals surface area (Å²) in [5.74, 6) is 1.01. The van der Waals surface area contributed by atoms with Crippen LogP contribution < -0.4 is 5.73 Å². The number of nitrogen functional groups attached to an aromatic ring is 1. The molecule has 0 radical (unpaired) electrons. The Labute approximate surface area is 80.2 Å². The van der Waals surface area contributed by atoms with Crippen molar-refractivity contribution in [2.24, 2.45) is 0 Å². The van der Waals surface area contributed by atoms with Gasteiger partial charge in [0.1, 0.15) is 5.76 Å². The van der Waals surface area contributed by atoms with Gasteiger partial charge in [-0.15, -0.1) is 11.3 Å². The van der Waals surface area contributed by atoms with Crippen molar-refractivity contribution in [3.05, 3.63) is 35.2 Å². The Kier molecular flexibility index (Phi) is 2.31. The van der Waals surface area contributed by atoms with Gasteiger partial charge in [-0.05, 0) is 18.6 Å². The van der Waals surface area contributed by atoms with Crippen molar-refractivity contribution >= 4 is 16.5 Å². The van der Waals surface area contributed by atoms with Crippen LogP contribution in [0, 0.1) is 0 Å². The van der Waals surface area contributed by atoms with E-state index in [0.717, 1.165) is 18.6 Å². The van der Waals surface area contributed by atoms with Gasteiger partial charge in [-0.25, -0.2) is 4.98 Å². The standard InChI is InChI=1S/C9H10N2OS/c10-9-11-6-8(13-9)4-3-7-2-1-5-12-7/h1-2,5-6H,3-4H2,(H2,10,11). The summed E-state index contributed by atoms with van der Waals surface area (Å²) in [6.45, 7) is 0. The van der Waals surface area contributed by atoms with E-state index in [4.69, 9.17) is 10.2 Å². The maximum absolute atomic E-state index is 5.51. The van der Waals surface area contributed by atoms with Crippen LogP contribution in [0.15, 0.2) is 29.0 Å². The molecule has 0 bridgehead atoms. The normalized spacial score (nSPS) is 10.5. The van der Waals surface area contributed by atoms with Crippen molar-refractivity contribution in [1.82, 2.24) is 4.98 Å². The van der Waals surface area contributed by atoms with Crippen molar-refractivity contribution in [3.63, 3.8) is 0 Å². The molecule has 0 atom stereocenters. The van der Waals surface area contributed by atoms with Gasteiger partial charge in [-0.3, -0.25) is 0 Å². The van der Waals surface area contributed by atoms with Gasteiger partial charge in [0.2, 0.25) is 0 Å². The molecule has 2 rings (SSSR count). The maximum Gasteiger partial charge on any atom is 0.180 e. The molecule has 3 nitrogen and oxygen atoms in total. The number of aromatic nitrogens is 1. The van der Waals surface area contributed by atoms with Gasteiger partial charge in [0.25, 0.3) is 0 Å². The fourth-order valence-electron chi connectivity index (χ4n) is 1.14. The lowest BCUT2D eigenvalue weighted by Gasteiger charge is -1.92. The Bertz CT molecular complexity index is 367. The third kappa shape index (κ3) is 2.09. The molecule has 0 aliphatic rings. The van der Waals surface area contributed by atoms with Gasteiger partial charge in [-0.2, -0.15) is 0 Å². The van der Waals surface area contributed by atoms with E-state index >= 15 is 0 Å². The van der Waals surface area contributed by atoms with Crippen LogP contribution in [0.1, 0.15) is 10.6 Å². The fourth-order valence-corrected chi connectivity index (χ4v) is 1.82. The molecule has 0 saturated heterocycles. The van der Waals surface area contributed by atoms with Crippen molar-refractivity contribution in [2.45, 2.75) is 12.8 Å². The second-order valence-corrected chi connectivity index (χ2v) is 3.89. The van der Waals surface area contributed by atoms with Crippen LogP contribution in [0.5, 0.6) is 0 Å². The number of rotatable bonds is 3. The van der Waals surface area contributed by atoms with Gasteiger partial charge < -0.3 is 10.2 Å². The number of furan rings is 1. The summed E-state index contributed by atoms with van der Waals surface area (Å²) in [6, 6.07) is 3.88. The summed E-state index contributed by atoms with van der Waals surface area (Å²) in [4.78, 5) is 5.18. The lowest BCUT2D eigenvalue weighted by Crippen LogP contribution is -1.85. The molecule has 2 heterocycles. The predicted octanol–water partition coefficient (Wildman–Crippen LogP) is 2.10. The van der Waals surface area contributed by atoms with Crippen LogP contribution in [0.2, 0.25) is 0 Å². The number of anilines is 1. The van der Waals surface area contributed by atoms with Gasteiger partial charge in [0.05, 0.1) is 6.26 Å². The van der Waals surface area contributed by atoms with E-state index in [9.17, 15) is 0 Å². The van der Waals surface area contributed by atoms with Crippen LogP contribution in [-0.2, 0) is 12.8 Å². The molecular weight excluding hydrogens is 184 g/mol. The minimum absolute atomic E-state index is 0.634. The molecule has 0 amide bonds. The number of thiazole rings is 1. The van der Waals surface area contributed by atoms with Gasteiger partial charge in [0.15, 0.2) is 5.13 Å². The molecular formula is C9H10N2OS. The molecule has 2 N–H and O–H groups in total. The number of aryl methyl sites for hydroxylation is 2. The van der Waals surface area contributed by atoms with Gasteiger partial charge in [0, 0.05) is 17.5 Å². The largest absolute Gasteiger partial charge is 0.469 e. The summed E-state index contributed by atoms with van der Waals surface area (Å²) >= 11 is 1.53. The van der Waals surface area contributed by atoms with E-state index < -0.39 is 0 Å². The number of hydrogen-bond acceptors (Lipinski definition) is 4. The smallest absolute Gasteiger partial charge is 0.180 e. The Morgan fingerprint density at radius 2 is 2.38 bits per heavy atom. The Balaban J connectivity index is 1.93. The highest BCUT2D eigenvalue weighted by Gasteiger charge is 2.00. The first kappa shape index (κ1) is 8.31. The number of hydrogen-bond donors (Lipinski definition) is 1. The fraction of sp³-hybridized carbons (Fsp3) is 0.222. The molecule has 4 heteroatoms. The second kappa shape index (κ2) is 3.62. The average molecular weight is 194 g/mol. The van der Waals surface area contributed by atoms with E-state index in [-0.39, 0.29) is 0 Å². The average Bonchev–Trinajstić information content (AvgIpc) is 2.71. The van der Waals surface area contributed by atoms with E-state index in [1.165, 1.54) is 16.2 Å². The zero-order valence-electron chi connectivity index (χ0n) is 7.06. The SMILES string of the molecule is Nc1ncc(CCc2ccco2)s1. The minimum Gasteiger partial charge on any atom is -0.469 e. The zero-order valence-corrected chi connectivity index (χ0v) is 7.88. The summed E-state index contributed by atoms with van der Waals surface area (Å²) in [7, 11) is 0. The summed E-state index contributed by atoms with van der Waals surface area (Å²) in [5, 5.41) is 0.634. The van der Waals surface area contributed by atoms with Crippen molar-refractivity contribution in [1.29, 1.82) is 0 Å². The lowest BCUT2D eigenvalue weighted by atomic mass is 10.2. The van der Waals surface area contributed by atoms with Crippen LogP contribution >= 0.6 is 11.3 Å². The number of nitrogens with zero attached hydrogens (tertiary/aromatic N) is 1. The van der Waals surface area contributed by atoms with E-state index in [1.54, 1.807) is 6.26 Å². The molecule has 0 fully saturated rings. The Hall–Kier alpha value is -1.29. The quantitative estimate of drug-likeness (QED) is 0.814. The van der Waals surface area contributed by atoms with Crippen molar-refractivity contribution in [3.8, 4) is 0 Å². The van der Waals surface area contributed by atoms with Gasteiger partial charge in [-0.1, -0.05) is 0 Å². The van der Waals surface area contributed by atoms with Crippen LogP contribution in [-0.4, -0.2) is 4.98 Å². The molecule has 0 saturated carbocycles. The predicted molar refractivity (Wildman–Crippen MR) is 52.6 cm³/mol. The molecule has 0 spiro atoms. The van der Waals surface area contributed by atoms with E-state index in [0.29, 0.717) is 5.13 Å². The zero-order chi connectivity index (χ0) is 9.10. The minimum atomic E-state index is 0.634. The van der Waals surface area contributed by atoms with E-state index in [2.05, 4.69) is 4.98 Å². The highest BCUT2D eigenvalue weighted by molar-refractivity contribution is 7.15. The summed E-state index contributed by atoms with van der Waals surface area (Å²) in [5.41, 5.74) is 5.51. The lowest BCUT2D eigenvalue weighted by molar-refractivity contribution is 0.509. The Morgan fingerprint density at radius 3 is 3.00 bits per heavy atom. The second-order valence-electron chi connectivity index (χ2n) is 2.74. The van der Waals surface area contributed by atoms with Crippen LogP contribution in [0.25, 0.3) is 0 Å². The van der Waals surface area contributed by atoms with Crippen LogP contribution in [0.4, 0.5) is 5.13 Å². The maximum atomic E-state index is 5.51. The third-order valence-electron chi connectivity index (χ3n) is 1.77. The highest BCUT2D eigenvalue weighted by atomic mass is 32.1. The summed E-state index contributed by atoms with van der Waals surface area (Å²) < 4.78 is 5.21. The Morgan fingerprint density at radius 1 is 1.46 bits per heavy atom. The van der Waals surface area contributed by atoms with Crippen LogP contribution in [0.3, 0.4) is 0 Å². The van der Waals surface area contributed by atoms with E-state index in [1.807, 2.05) is 18.3 Å². The topological polar surface area (TPSA) is 52.0 Å². The highest BCUT2D eigenvalue weighted by Crippen LogP contribution is 2.16.